The van der Waals surface area contributed by atoms with Crippen molar-refractivity contribution in [3.8, 4) is 0 Å². The molecule has 1 aromatic heterocycles. The summed E-state index contributed by atoms with van der Waals surface area (Å²) < 4.78 is 17.8. The number of esters is 1. The number of aromatic amines is 1. The van der Waals surface area contributed by atoms with Gasteiger partial charge in [-0.3, -0.25) is 5.10 Å². The zero-order chi connectivity index (χ0) is 13.8. The summed E-state index contributed by atoms with van der Waals surface area (Å²) in [4.78, 5) is 11.8. The third-order valence-electron chi connectivity index (χ3n) is 2.53. The first-order valence-electron chi connectivity index (χ1n) is 5.86. The molecule has 0 bridgehead atoms. The second-order valence-electron chi connectivity index (χ2n) is 3.92. The van der Waals surface area contributed by atoms with Crippen LogP contribution in [0.2, 0.25) is 0 Å². The minimum absolute atomic E-state index is 0.291. The number of anilines is 2. The lowest BCUT2D eigenvalue weighted by atomic mass is 10.2. The van der Waals surface area contributed by atoms with Gasteiger partial charge in [-0.25, -0.2) is 9.18 Å². The van der Waals surface area contributed by atoms with Crippen LogP contribution in [-0.4, -0.2) is 22.8 Å². The highest BCUT2D eigenvalue weighted by Gasteiger charge is 2.19. The third-order valence-corrected chi connectivity index (χ3v) is 2.53. The first-order chi connectivity index (χ1) is 9.11. The molecule has 0 aliphatic carbocycles. The minimum atomic E-state index is -0.446. The van der Waals surface area contributed by atoms with Gasteiger partial charge in [-0.05, 0) is 38.1 Å². The van der Waals surface area contributed by atoms with E-state index in [2.05, 4.69) is 15.5 Å². The predicted octanol–water partition coefficient (Wildman–Crippen LogP) is 2.78. The molecule has 5 nitrogen and oxygen atoms in total. The summed E-state index contributed by atoms with van der Waals surface area (Å²) in [6, 6.07) is 5.78. The van der Waals surface area contributed by atoms with Gasteiger partial charge in [0.15, 0.2) is 5.82 Å². The fourth-order valence-electron chi connectivity index (χ4n) is 1.64. The Morgan fingerprint density at radius 1 is 1.42 bits per heavy atom. The van der Waals surface area contributed by atoms with E-state index in [0.717, 1.165) is 0 Å². The summed E-state index contributed by atoms with van der Waals surface area (Å²) >= 11 is 0. The van der Waals surface area contributed by atoms with Crippen molar-refractivity contribution in [1.29, 1.82) is 0 Å². The quantitative estimate of drug-likeness (QED) is 0.832. The average Bonchev–Trinajstić information content (AvgIpc) is 2.74. The zero-order valence-corrected chi connectivity index (χ0v) is 10.7. The Hall–Kier alpha value is -2.37. The van der Waals surface area contributed by atoms with E-state index >= 15 is 0 Å². The van der Waals surface area contributed by atoms with Crippen molar-refractivity contribution in [2.24, 2.45) is 0 Å². The molecule has 0 unspecified atom stereocenters. The summed E-state index contributed by atoms with van der Waals surface area (Å²) in [5, 5.41) is 9.68. The lowest BCUT2D eigenvalue weighted by Crippen LogP contribution is -2.08. The van der Waals surface area contributed by atoms with Gasteiger partial charge in [0, 0.05) is 11.4 Å². The highest BCUT2D eigenvalue weighted by Crippen LogP contribution is 2.22. The van der Waals surface area contributed by atoms with Crippen LogP contribution in [-0.2, 0) is 4.74 Å². The van der Waals surface area contributed by atoms with Gasteiger partial charge in [-0.2, -0.15) is 5.10 Å². The molecule has 0 spiro atoms. The van der Waals surface area contributed by atoms with Crippen LogP contribution in [0.3, 0.4) is 0 Å². The molecule has 0 saturated carbocycles. The Balaban J connectivity index is 2.25. The Morgan fingerprint density at radius 2 is 2.11 bits per heavy atom. The number of ether oxygens (including phenoxy) is 1. The number of carbonyl (C=O) groups excluding carboxylic acids is 1. The number of aromatic nitrogens is 2. The predicted molar refractivity (Wildman–Crippen MR) is 69.0 cm³/mol. The fourth-order valence-corrected chi connectivity index (χ4v) is 1.64. The summed E-state index contributed by atoms with van der Waals surface area (Å²) in [5.74, 6) is -0.407. The molecule has 0 aliphatic heterocycles. The van der Waals surface area contributed by atoms with E-state index in [4.69, 9.17) is 4.74 Å². The molecule has 0 fully saturated rings. The van der Waals surface area contributed by atoms with E-state index in [1.807, 2.05) is 0 Å². The van der Waals surface area contributed by atoms with Crippen molar-refractivity contribution < 1.29 is 13.9 Å². The third kappa shape index (κ3) is 2.90. The van der Waals surface area contributed by atoms with Gasteiger partial charge in [-0.1, -0.05) is 0 Å². The Bertz CT molecular complexity index is 578. The molecule has 2 aromatic rings. The first-order valence-corrected chi connectivity index (χ1v) is 5.86. The highest BCUT2D eigenvalue weighted by molar-refractivity contribution is 5.96. The smallest absolute Gasteiger partial charge is 0.343 e. The molecule has 0 aliphatic rings. The molecule has 0 radical (unpaired) electrons. The molecule has 1 aromatic carbocycles. The molecule has 0 saturated heterocycles. The number of hydrogen-bond donors (Lipinski definition) is 2. The number of aryl methyl sites for hydroxylation is 1. The molecular formula is C13H14FN3O2. The molecule has 1 heterocycles. The van der Waals surface area contributed by atoms with Gasteiger partial charge >= 0.3 is 5.97 Å². The van der Waals surface area contributed by atoms with E-state index in [0.29, 0.717) is 29.4 Å². The SMILES string of the molecule is CCOC(=O)c1c(Nc2ccc(F)cc2)n[nH]c1C. The minimum Gasteiger partial charge on any atom is -0.462 e. The normalized spacial score (nSPS) is 10.3. The fraction of sp³-hybridized carbons (Fsp3) is 0.231. The molecule has 2 rings (SSSR count). The van der Waals surface area contributed by atoms with Gasteiger partial charge in [0.2, 0.25) is 0 Å². The van der Waals surface area contributed by atoms with Crippen LogP contribution in [0, 0.1) is 12.7 Å². The Labute approximate surface area is 109 Å². The Morgan fingerprint density at radius 3 is 2.74 bits per heavy atom. The second-order valence-corrected chi connectivity index (χ2v) is 3.92. The maximum absolute atomic E-state index is 12.8. The van der Waals surface area contributed by atoms with E-state index in [9.17, 15) is 9.18 Å². The number of hydrogen-bond acceptors (Lipinski definition) is 4. The van der Waals surface area contributed by atoms with E-state index < -0.39 is 5.97 Å². The standard InChI is InChI=1S/C13H14FN3O2/c1-3-19-13(18)11-8(2)16-17-12(11)15-10-6-4-9(14)5-7-10/h4-7H,3H2,1-2H3,(H2,15,16,17). The maximum Gasteiger partial charge on any atom is 0.343 e. The number of carbonyl (C=O) groups is 1. The summed E-state index contributed by atoms with van der Waals surface area (Å²) in [7, 11) is 0. The van der Waals surface area contributed by atoms with Gasteiger partial charge in [0.25, 0.3) is 0 Å². The monoisotopic (exact) mass is 263 g/mol. The number of nitrogens with one attached hydrogen (secondary N) is 2. The molecule has 2 N–H and O–H groups in total. The van der Waals surface area contributed by atoms with Crippen LogP contribution >= 0.6 is 0 Å². The van der Waals surface area contributed by atoms with Crippen LogP contribution in [0.5, 0.6) is 0 Å². The van der Waals surface area contributed by atoms with Crippen molar-refractivity contribution in [2.75, 3.05) is 11.9 Å². The van der Waals surface area contributed by atoms with E-state index in [-0.39, 0.29) is 5.82 Å². The van der Waals surface area contributed by atoms with Crippen LogP contribution in [0.25, 0.3) is 0 Å². The molecule has 0 amide bonds. The largest absolute Gasteiger partial charge is 0.462 e. The first kappa shape index (κ1) is 13.1. The number of benzene rings is 1. The topological polar surface area (TPSA) is 67.0 Å². The van der Waals surface area contributed by atoms with Crippen molar-refractivity contribution in [2.45, 2.75) is 13.8 Å². The van der Waals surface area contributed by atoms with Crippen LogP contribution in [0.1, 0.15) is 23.0 Å². The lowest BCUT2D eigenvalue weighted by Gasteiger charge is -2.06. The van der Waals surface area contributed by atoms with Gasteiger partial charge in [-0.15, -0.1) is 0 Å². The summed E-state index contributed by atoms with van der Waals surface area (Å²) in [6.45, 7) is 3.76. The maximum atomic E-state index is 12.8. The van der Waals surface area contributed by atoms with Gasteiger partial charge < -0.3 is 10.1 Å². The Kier molecular flexibility index (Phi) is 3.79. The van der Waals surface area contributed by atoms with Crippen molar-refractivity contribution in [3.63, 3.8) is 0 Å². The summed E-state index contributed by atoms with van der Waals surface area (Å²) in [5.41, 5.74) is 1.60. The molecule has 6 heteroatoms. The highest BCUT2D eigenvalue weighted by atomic mass is 19.1. The molecule has 100 valence electrons. The van der Waals surface area contributed by atoms with Crippen molar-refractivity contribution >= 4 is 17.5 Å². The van der Waals surface area contributed by atoms with Crippen LogP contribution in [0.15, 0.2) is 24.3 Å². The number of H-pyrrole nitrogens is 1. The lowest BCUT2D eigenvalue weighted by molar-refractivity contribution is 0.0527. The van der Waals surface area contributed by atoms with E-state index in [1.165, 1.54) is 12.1 Å². The van der Waals surface area contributed by atoms with Crippen molar-refractivity contribution in [3.05, 3.63) is 41.3 Å². The average molecular weight is 263 g/mol. The molecular weight excluding hydrogens is 249 g/mol. The zero-order valence-electron chi connectivity index (χ0n) is 10.7. The molecule has 19 heavy (non-hydrogen) atoms. The molecule has 0 atom stereocenters. The summed E-state index contributed by atoms with van der Waals surface area (Å²) in [6.07, 6.45) is 0. The van der Waals surface area contributed by atoms with Gasteiger partial charge in [0.1, 0.15) is 11.4 Å². The second kappa shape index (κ2) is 5.51. The number of nitrogens with zero attached hydrogens (tertiary/aromatic N) is 1. The van der Waals surface area contributed by atoms with Crippen LogP contribution in [0.4, 0.5) is 15.9 Å². The van der Waals surface area contributed by atoms with E-state index in [1.54, 1.807) is 26.0 Å². The van der Waals surface area contributed by atoms with Crippen LogP contribution < -0.4 is 5.32 Å². The van der Waals surface area contributed by atoms with Crippen molar-refractivity contribution in [1.82, 2.24) is 10.2 Å². The number of halogens is 1. The number of rotatable bonds is 4. The van der Waals surface area contributed by atoms with Gasteiger partial charge in [0.05, 0.1) is 6.61 Å².